The lowest BCUT2D eigenvalue weighted by Crippen LogP contribution is -2.28. The van der Waals surface area contributed by atoms with E-state index in [0.29, 0.717) is 23.7 Å². The van der Waals surface area contributed by atoms with Crippen LogP contribution in [0.25, 0.3) is 0 Å². The average molecular weight is 531 g/mol. The second-order valence-corrected chi connectivity index (χ2v) is 12.5. The summed E-state index contributed by atoms with van der Waals surface area (Å²) < 4.78 is 26.5. The molecule has 36 heavy (non-hydrogen) atoms. The fraction of sp³-hybridized carbons (Fsp3) is 1.00. The normalized spacial score (nSPS) is 17.9. The van der Waals surface area contributed by atoms with E-state index >= 15 is 0 Å². The summed E-state index contributed by atoms with van der Waals surface area (Å²) in [5.74, 6) is 2.27. The molecule has 0 aliphatic rings. The largest absolute Gasteiger partial charge is 0.319 e. The van der Waals surface area contributed by atoms with Gasteiger partial charge in [0, 0.05) is 0 Å². The van der Waals surface area contributed by atoms with E-state index in [4.69, 9.17) is 9.05 Å². The molecule has 0 rings (SSSR count). The molecule has 0 bridgehead atoms. The van der Waals surface area contributed by atoms with Crippen LogP contribution in [0.3, 0.4) is 0 Å². The van der Waals surface area contributed by atoms with Crippen LogP contribution >= 0.6 is 8.25 Å². The van der Waals surface area contributed by atoms with Gasteiger partial charge in [0.2, 0.25) is 0 Å². The zero-order chi connectivity index (χ0) is 27.2. The highest BCUT2D eigenvalue weighted by molar-refractivity contribution is 7.33. The van der Waals surface area contributed by atoms with Gasteiger partial charge in [0.25, 0.3) is 0 Å². The molecule has 0 saturated carbocycles. The smallest absolute Gasteiger partial charge is 0.307 e. The number of unbranched alkanes of at least 4 members (excludes halogenated alkanes) is 4. The summed E-state index contributed by atoms with van der Waals surface area (Å²) in [7, 11) is -2.54. The molecule has 0 saturated heterocycles. The predicted molar refractivity (Wildman–Crippen MR) is 161 cm³/mol. The highest BCUT2D eigenvalue weighted by Crippen LogP contribution is 2.40. The molecule has 0 aliphatic carbocycles. The Hall–Kier alpha value is 0.150. The van der Waals surface area contributed by atoms with Crippen molar-refractivity contribution >= 4 is 8.25 Å². The summed E-state index contributed by atoms with van der Waals surface area (Å²) in [6.07, 6.45) is 21.5. The Morgan fingerprint density at radius 3 is 1.11 bits per heavy atom. The number of rotatable bonds is 26. The van der Waals surface area contributed by atoms with Crippen molar-refractivity contribution in [2.75, 3.05) is 0 Å². The lowest BCUT2D eigenvalue weighted by Gasteiger charge is -2.32. The predicted octanol–water partition coefficient (Wildman–Crippen LogP) is 11.8. The van der Waals surface area contributed by atoms with Gasteiger partial charge in [-0.15, -0.1) is 0 Å². The molecule has 0 aromatic heterocycles. The van der Waals surface area contributed by atoms with Crippen molar-refractivity contribution in [1.82, 2.24) is 0 Å². The fourth-order valence-corrected chi connectivity index (χ4v) is 6.93. The zero-order valence-electron chi connectivity index (χ0n) is 25.9. The van der Waals surface area contributed by atoms with Crippen LogP contribution in [-0.2, 0) is 13.6 Å². The fourth-order valence-electron chi connectivity index (χ4n) is 5.81. The maximum absolute atomic E-state index is 13.6. The van der Waals surface area contributed by atoms with Crippen LogP contribution in [0.5, 0.6) is 0 Å². The van der Waals surface area contributed by atoms with Gasteiger partial charge in [0.15, 0.2) is 0 Å². The van der Waals surface area contributed by atoms with E-state index < -0.39 is 8.25 Å². The average Bonchev–Trinajstić information content (AvgIpc) is 2.89. The first-order chi connectivity index (χ1) is 17.4. The first-order valence-electron chi connectivity index (χ1n) is 16.3. The van der Waals surface area contributed by atoms with Gasteiger partial charge in [-0.2, -0.15) is 0 Å². The molecule has 0 amide bonds. The second kappa shape index (κ2) is 24.2. The Kier molecular flexibility index (Phi) is 24.3. The minimum atomic E-state index is -2.54. The quantitative estimate of drug-likeness (QED) is 0.104. The molecular formula is C32H67O3P. The Morgan fingerprint density at radius 2 is 0.833 bits per heavy atom. The third kappa shape index (κ3) is 16.2. The molecule has 0 radical (unpaired) electrons. The first-order valence-corrected chi connectivity index (χ1v) is 17.5. The standard InChI is InChI=1S/C32H67O3P/c1-9-17-21-27(13-5)25-31(29(15-7)23-19-11-3)34-36(33)35-32(30(16-8)24-20-12-4)26-28(14-6)22-18-10-2/h27-32,36H,9-26H2,1-8H3. The molecular weight excluding hydrogens is 463 g/mol. The van der Waals surface area contributed by atoms with Gasteiger partial charge in [-0.25, -0.2) is 0 Å². The lowest BCUT2D eigenvalue weighted by atomic mass is 9.85. The van der Waals surface area contributed by atoms with Crippen molar-refractivity contribution in [2.45, 2.75) is 183 Å². The Balaban J connectivity index is 5.60. The van der Waals surface area contributed by atoms with Gasteiger partial charge < -0.3 is 9.05 Å². The van der Waals surface area contributed by atoms with E-state index in [1.165, 1.54) is 89.9 Å². The van der Waals surface area contributed by atoms with E-state index in [0.717, 1.165) is 25.7 Å². The maximum Gasteiger partial charge on any atom is 0.319 e. The van der Waals surface area contributed by atoms with Gasteiger partial charge in [-0.3, -0.25) is 4.57 Å². The van der Waals surface area contributed by atoms with Gasteiger partial charge in [0.1, 0.15) is 0 Å². The molecule has 6 unspecified atom stereocenters. The molecule has 6 atom stereocenters. The maximum atomic E-state index is 13.6. The molecule has 0 fully saturated rings. The van der Waals surface area contributed by atoms with E-state index in [1.54, 1.807) is 0 Å². The molecule has 0 aromatic rings. The van der Waals surface area contributed by atoms with Crippen LogP contribution in [0, 0.1) is 23.7 Å². The summed E-state index contributed by atoms with van der Waals surface area (Å²) in [4.78, 5) is 0. The van der Waals surface area contributed by atoms with Crippen molar-refractivity contribution < 1.29 is 13.6 Å². The summed E-state index contributed by atoms with van der Waals surface area (Å²) in [5.41, 5.74) is 0. The molecule has 3 nitrogen and oxygen atoms in total. The van der Waals surface area contributed by atoms with E-state index in [9.17, 15) is 4.57 Å². The van der Waals surface area contributed by atoms with Crippen molar-refractivity contribution in [3.8, 4) is 0 Å². The molecule has 218 valence electrons. The summed E-state index contributed by atoms with van der Waals surface area (Å²) in [5, 5.41) is 0. The third-order valence-electron chi connectivity index (χ3n) is 8.67. The zero-order valence-corrected chi connectivity index (χ0v) is 26.9. The lowest BCUT2D eigenvalue weighted by molar-refractivity contribution is 0.0433. The summed E-state index contributed by atoms with van der Waals surface area (Å²) in [6.45, 7) is 18.2. The Labute approximate surface area is 228 Å². The topological polar surface area (TPSA) is 35.5 Å². The van der Waals surface area contributed by atoms with Crippen LogP contribution in [0.2, 0.25) is 0 Å². The first kappa shape index (κ1) is 36.1. The van der Waals surface area contributed by atoms with E-state index in [-0.39, 0.29) is 12.2 Å². The number of hydrogen-bond acceptors (Lipinski definition) is 3. The monoisotopic (exact) mass is 530 g/mol. The van der Waals surface area contributed by atoms with Gasteiger partial charge >= 0.3 is 8.25 Å². The molecule has 0 heterocycles. The van der Waals surface area contributed by atoms with Crippen molar-refractivity contribution in [3.63, 3.8) is 0 Å². The van der Waals surface area contributed by atoms with Crippen LogP contribution in [0.1, 0.15) is 171 Å². The van der Waals surface area contributed by atoms with E-state index in [1.807, 2.05) is 0 Å². The van der Waals surface area contributed by atoms with Gasteiger partial charge in [0.05, 0.1) is 12.2 Å². The second-order valence-electron chi connectivity index (χ2n) is 11.5. The van der Waals surface area contributed by atoms with Crippen LogP contribution < -0.4 is 0 Å². The van der Waals surface area contributed by atoms with E-state index in [2.05, 4.69) is 55.4 Å². The van der Waals surface area contributed by atoms with Crippen LogP contribution in [-0.4, -0.2) is 12.2 Å². The Morgan fingerprint density at radius 1 is 0.500 bits per heavy atom. The number of hydrogen-bond donors (Lipinski definition) is 0. The van der Waals surface area contributed by atoms with Gasteiger partial charge in [-0.05, 0) is 49.4 Å². The summed E-state index contributed by atoms with van der Waals surface area (Å²) >= 11 is 0. The van der Waals surface area contributed by atoms with Crippen molar-refractivity contribution in [1.29, 1.82) is 0 Å². The summed E-state index contributed by atoms with van der Waals surface area (Å²) in [6, 6.07) is 0. The van der Waals surface area contributed by atoms with Crippen LogP contribution in [0.4, 0.5) is 0 Å². The molecule has 4 heteroatoms. The van der Waals surface area contributed by atoms with Gasteiger partial charge in [-0.1, -0.05) is 145 Å². The van der Waals surface area contributed by atoms with Crippen molar-refractivity contribution in [3.05, 3.63) is 0 Å². The van der Waals surface area contributed by atoms with Crippen LogP contribution in [0.15, 0.2) is 0 Å². The molecule has 0 aromatic carbocycles. The third-order valence-corrected chi connectivity index (χ3v) is 9.66. The SMILES string of the molecule is CCCCC(CC)CC(O[PH](=O)OC(CC(CC)CCCC)C(CC)CCCC)C(CC)CCCC. The molecule has 0 aliphatic heterocycles. The van der Waals surface area contributed by atoms with Crippen molar-refractivity contribution in [2.24, 2.45) is 23.7 Å². The Bertz CT molecular complexity index is 456. The highest BCUT2D eigenvalue weighted by atomic mass is 31.1. The minimum Gasteiger partial charge on any atom is -0.307 e. The highest BCUT2D eigenvalue weighted by Gasteiger charge is 2.29. The minimum absolute atomic E-state index is 0.0631. The molecule has 0 N–H and O–H groups in total. The molecule has 0 spiro atoms.